The minimum absolute atomic E-state index is 0.0457. The highest BCUT2D eigenvalue weighted by Gasteiger charge is 2.17. The third kappa shape index (κ3) is 6.21. The van der Waals surface area contributed by atoms with E-state index in [1.54, 1.807) is 13.8 Å². The van der Waals surface area contributed by atoms with Gasteiger partial charge in [0.25, 0.3) is 0 Å². The van der Waals surface area contributed by atoms with Gasteiger partial charge in [0, 0.05) is 0 Å². The predicted octanol–water partition coefficient (Wildman–Crippen LogP) is 2.38. The van der Waals surface area contributed by atoms with Crippen LogP contribution >= 0.6 is 24.0 Å². The van der Waals surface area contributed by atoms with E-state index in [2.05, 4.69) is 0 Å². The van der Waals surface area contributed by atoms with Crippen molar-refractivity contribution in [2.45, 2.75) is 39.0 Å². The van der Waals surface area contributed by atoms with Gasteiger partial charge in [-0.2, -0.15) is 0 Å². The third-order valence-corrected chi connectivity index (χ3v) is 2.44. The van der Waals surface area contributed by atoms with E-state index >= 15 is 0 Å². The van der Waals surface area contributed by atoms with Crippen molar-refractivity contribution in [1.29, 1.82) is 0 Å². The second-order valence-electron chi connectivity index (χ2n) is 2.93. The Balaban J connectivity index is 3.87. The molecule has 1 unspecified atom stereocenters. The smallest absolute Gasteiger partial charge is 0.319 e. The van der Waals surface area contributed by atoms with Gasteiger partial charge in [-0.25, -0.2) is 0 Å². The number of hydrogen-bond acceptors (Lipinski definition) is 5. The first kappa shape index (κ1) is 13.7. The molecular formula is C9H16O3S2. The Morgan fingerprint density at radius 3 is 2.43 bits per heavy atom. The number of rotatable bonds is 4. The van der Waals surface area contributed by atoms with E-state index in [1.165, 1.54) is 11.8 Å². The van der Waals surface area contributed by atoms with Gasteiger partial charge in [0.1, 0.15) is 5.25 Å². The van der Waals surface area contributed by atoms with Gasteiger partial charge in [-0.05, 0) is 39.9 Å². The van der Waals surface area contributed by atoms with Gasteiger partial charge in [-0.3, -0.25) is 4.79 Å². The summed E-state index contributed by atoms with van der Waals surface area (Å²) in [4.78, 5) is 11.2. The van der Waals surface area contributed by atoms with Crippen LogP contribution in [0.2, 0.25) is 0 Å². The molecule has 0 rings (SSSR count). The molecule has 0 N–H and O–H groups in total. The normalized spacial score (nSPS) is 12.4. The van der Waals surface area contributed by atoms with Gasteiger partial charge in [0.15, 0.2) is 0 Å². The lowest BCUT2D eigenvalue weighted by Crippen LogP contribution is -2.19. The highest BCUT2D eigenvalue weighted by Crippen LogP contribution is 2.16. The van der Waals surface area contributed by atoms with Crippen LogP contribution in [-0.4, -0.2) is 28.3 Å². The molecular weight excluding hydrogens is 220 g/mol. The Kier molecular flexibility index (Phi) is 6.92. The van der Waals surface area contributed by atoms with Crippen molar-refractivity contribution in [3.05, 3.63) is 0 Å². The van der Waals surface area contributed by atoms with Gasteiger partial charge in [0.05, 0.1) is 12.7 Å². The first-order valence-electron chi connectivity index (χ1n) is 4.51. The van der Waals surface area contributed by atoms with E-state index in [0.717, 1.165) is 0 Å². The zero-order chi connectivity index (χ0) is 11.1. The molecule has 0 aliphatic heterocycles. The summed E-state index contributed by atoms with van der Waals surface area (Å²) in [6, 6.07) is 0. The number of thioether (sulfide) groups is 1. The second-order valence-corrected chi connectivity index (χ2v) is 4.87. The van der Waals surface area contributed by atoms with Crippen LogP contribution in [0.15, 0.2) is 0 Å². The maximum atomic E-state index is 11.2. The molecule has 1 atom stereocenters. The molecule has 0 aliphatic carbocycles. The van der Waals surface area contributed by atoms with Crippen molar-refractivity contribution in [3.63, 3.8) is 0 Å². The Morgan fingerprint density at radius 2 is 2.00 bits per heavy atom. The van der Waals surface area contributed by atoms with Gasteiger partial charge in [0.2, 0.25) is 4.38 Å². The second kappa shape index (κ2) is 7.06. The van der Waals surface area contributed by atoms with Gasteiger partial charge in [-0.1, -0.05) is 11.8 Å². The third-order valence-electron chi connectivity index (χ3n) is 1.22. The average molecular weight is 236 g/mol. The molecule has 3 nitrogen and oxygen atoms in total. The molecule has 0 amide bonds. The standard InChI is InChI=1S/C9H16O3S2/c1-5-11-8(10)7(4)14-9(13)12-6(2)3/h6-7H,5H2,1-4H3. The highest BCUT2D eigenvalue weighted by molar-refractivity contribution is 8.23. The van der Waals surface area contributed by atoms with Gasteiger partial charge in [-0.15, -0.1) is 0 Å². The summed E-state index contributed by atoms with van der Waals surface area (Å²) in [6.07, 6.45) is 0.0457. The lowest BCUT2D eigenvalue weighted by molar-refractivity contribution is -0.142. The minimum atomic E-state index is -0.304. The fraction of sp³-hybridized carbons (Fsp3) is 0.778. The van der Waals surface area contributed by atoms with Gasteiger partial charge < -0.3 is 9.47 Å². The first-order chi connectivity index (χ1) is 6.47. The van der Waals surface area contributed by atoms with Crippen molar-refractivity contribution < 1.29 is 14.3 Å². The maximum Gasteiger partial charge on any atom is 0.319 e. The molecule has 0 bridgehead atoms. The number of esters is 1. The number of carbonyl (C=O) groups excluding carboxylic acids is 1. The largest absolute Gasteiger partial charge is 0.476 e. The van der Waals surface area contributed by atoms with Gasteiger partial charge >= 0.3 is 5.97 Å². The molecule has 0 aromatic carbocycles. The Hall–Kier alpha value is -0.290. The molecule has 0 heterocycles. The molecule has 0 aromatic heterocycles. The highest BCUT2D eigenvalue weighted by atomic mass is 32.2. The van der Waals surface area contributed by atoms with Crippen molar-refractivity contribution in [3.8, 4) is 0 Å². The first-order valence-corrected chi connectivity index (χ1v) is 5.80. The van der Waals surface area contributed by atoms with E-state index in [9.17, 15) is 4.79 Å². The van der Waals surface area contributed by atoms with Crippen LogP contribution in [0, 0.1) is 0 Å². The van der Waals surface area contributed by atoms with Crippen LogP contribution in [0.25, 0.3) is 0 Å². The molecule has 0 aromatic rings. The summed E-state index contributed by atoms with van der Waals surface area (Å²) in [7, 11) is 0. The van der Waals surface area contributed by atoms with Crippen LogP contribution in [0.5, 0.6) is 0 Å². The van der Waals surface area contributed by atoms with Crippen molar-refractivity contribution >= 4 is 34.3 Å². The fourth-order valence-corrected chi connectivity index (χ4v) is 2.00. The summed E-state index contributed by atoms with van der Waals surface area (Å²) in [5, 5.41) is -0.304. The monoisotopic (exact) mass is 236 g/mol. The molecule has 0 saturated heterocycles. The van der Waals surface area contributed by atoms with Crippen LogP contribution in [0.1, 0.15) is 27.7 Å². The Bertz CT molecular complexity index is 204. The van der Waals surface area contributed by atoms with Crippen molar-refractivity contribution in [2.75, 3.05) is 6.61 Å². The average Bonchev–Trinajstić information content (AvgIpc) is 2.02. The number of hydrogen-bond donors (Lipinski definition) is 0. The lowest BCUT2D eigenvalue weighted by atomic mass is 10.5. The Morgan fingerprint density at radius 1 is 1.43 bits per heavy atom. The van der Waals surface area contributed by atoms with E-state index in [0.29, 0.717) is 11.0 Å². The summed E-state index contributed by atoms with van der Waals surface area (Å²) >= 11 is 6.15. The summed E-state index contributed by atoms with van der Waals surface area (Å²) < 4.78 is 10.5. The van der Waals surface area contributed by atoms with Crippen molar-refractivity contribution in [1.82, 2.24) is 0 Å². The van der Waals surface area contributed by atoms with E-state index in [4.69, 9.17) is 21.7 Å². The number of ether oxygens (including phenoxy) is 2. The fourth-order valence-electron chi connectivity index (χ4n) is 0.672. The molecule has 0 saturated carbocycles. The lowest BCUT2D eigenvalue weighted by Gasteiger charge is -2.13. The molecule has 5 heteroatoms. The van der Waals surface area contributed by atoms with Crippen LogP contribution in [0.3, 0.4) is 0 Å². The summed E-state index contributed by atoms with van der Waals surface area (Å²) in [5.41, 5.74) is 0. The summed E-state index contributed by atoms with van der Waals surface area (Å²) in [6.45, 7) is 7.70. The maximum absolute atomic E-state index is 11.2. The van der Waals surface area contributed by atoms with E-state index < -0.39 is 0 Å². The number of thiocarbonyl (C=S) groups is 1. The minimum Gasteiger partial charge on any atom is -0.476 e. The number of carbonyl (C=O) groups is 1. The molecule has 0 aliphatic rings. The van der Waals surface area contributed by atoms with Crippen LogP contribution in [-0.2, 0) is 14.3 Å². The van der Waals surface area contributed by atoms with Crippen LogP contribution < -0.4 is 0 Å². The molecule has 0 fully saturated rings. The molecule has 0 spiro atoms. The quantitative estimate of drug-likeness (QED) is 0.553. The topological polar surface area (TPSA) is 35.5 Å². The predicted molar refractivity (Wildman–Crippen MR) is 62.5 cm³/mol. The van der Waals surface area contributed by atoms with Crippen LogP contribution in [0.4, 0.5) is 0 Å². The Labute approximate surface area is 94.5 Å². The van der Waals surface area contributed by atoms with E-state index in [-0.39, 0.29) is 17.3 Å². The SMILES string of the molecule is CCOC(=O)C(C)SC(=S)OC(C)C. The van der Waals surface area contributed by atoms with E-state index in [1.807, 2.05) is 13.8 Å². The summed E-state index contributed by atoms with van der Waals surface area (Å²) in [5.74, 6) is -0.257. The zero-order valence-corrected chi connectivity index (χ0v) is 10.5. The van der Waals surface area contributed by atoms with Crippen molar-refractivity contribution in [2.24, 2.45) is 0 Å². The molecule has 0 radical (unpaired) electrons. The molecule has 14 heavy (non-hydrogen) atoms. The molecule has 82 valence electrons. The zero-order valence-electron chi connectivity index (χ0n) is 8.90.